The summed E-state index contributed by atoms with van der Waals surface area (Å²) in [5.74, 6) is 1.64. The number of hydrogen-bond donors (Lipinski definition) is 0. The van der Waals surface area contributed by atoms with Crippen LogP contribution in [0.5, 0.6) is 5.88 Å². The molecule has 5 rings (SSSR count). The Labute approximate surface area is 195 Å². The Bertz CT molecular complexity index is 1190. The molecule has 4 aromatic rings. The first-order valence-electron chi connectivity index (χ1n) is 10.8. The molecule has 1 aliphatic rings. The van der Waals surface area contributed by atoms with E-state index in [4.69, 9.17) is 9.26 Å². The fourth-order valence-electron chi connectivity index (χ4n) is 3.66. The van der Waals surface area contributed by atoms with Gasteiger partial charge < -0.3 is 14.2 Å². The minimum absolute atomic E-state index is 0.0145. The van der Waals surface area contributed by atoms with E-state index in [-0.39, 0.29) is 5.91 Å². The summed E-state index contributed by atoms with van der Waals surface area (Å²) in [6.07, 6.45) is 1.62. The number of piperazine rings is 1. The molecule has 0 radical (unpaired) electrons. The number of hydrogen-bond acceptors (Lipinski definition) is 8. The number of amides is 1. The number of aromatic nitrogens is 3. The van der Waals surface area contributed by atoms with Crippen molar-refractivity contribution in [2.24, 2.45) is 0 Å². The average molecular weight is 462 g/mol. The highest BCUT2D eigenvalue weighted by Crippen LogP contribution is 2.22. The van der Waals surface area contributed by atoms with E-state index in [1.807, 2.05) is 52.7 Å². The highest BCUT2D eigenvalue weighted by atomic mass is 32.1. The van der Waals surface area contributed by atoms with Gasteiger partial charge >= 0.3 is 0 Å². The average Bonchev–Trinajstić information content (AvgIpc) is 3.56. The first-order chi connectivity index (χ1) is 16.2. The third kappa shape index (κ3) is 5.27. The lowest BCUT2D eigenvalue weighted by atomic mass is 10.2. The van der Waals surface area contributed by atoms with Gasteiger partial charge in [-0.15, -0.1) is 11.3 Å². The molecule has 1 fully saturated rings. The summed E-state index contributed by atoms with van der Waals surface area (Å²) in [5.41, 5.74) is 1.63. The van der Waals surface area contributed by atoms with Gasteiger partial charge in [0, 0.05) is 44.0 Å². The number of carbonyl (C=O) groups is 1. The zero-order valence-corrected chi connectivity index (χ0v) is 18.8. The van der Waals surface area contributed by atoms with E-state index in [0.717, 1.165) is 23.5 Å². The predicted octanol–water partition coefficient (Wildman–Crippen LogP) is 3.73. The van der Waals surface area contributed by atoms with E-state index in [1.54, 1.807) is 29.7 Å². The van der Waals surface area contributed by atoms with Gasteiger partial charge in [-0.2, -0.15) is 4.98 Å². The molecule has 4 heterocycles. The fraction of sp³-hybridized carbons (Fsp3) is 0.250. The molecule has 1 amide bonds. The molecular weight excluding hydrogens is 438 g/mol. The molecule has 0 unspecified atom stereocenters. The summed E-state index contributed by atoms with van der Waals surface area (Å²) in [6, 6.07) is 17.3. The van der Waals surface area contributed by atoms with Crippen molar-refractivity contribution in [2.45, 2.75) is 13.2 Å². The van der Waals surface area contributed by atoms with E-state index >= 15 is 0 Å². The van der Waals surface area contributed by atoms with Crippen molar-refractivity contribution in [3.8, 4) is 16.6 Å². The smallest absolute Gasteiger partial charge is 0.254 e. The number of benzene rings is 1. The second-order valence-electron chi connectivity index (χ2n) is 7.71. The first kappa shape index (κ1) is 21.3. The number of thiophene rings is 1. The lowest BCUT2D eigenvalue weighted by molar-refractivity contribution is 0.0614. The van der Waals surface area contributed by atoms with Gasteiger partial charge in [-0.1, -0.05) is 41.6 Å². The molecule has 8 nitrogen and oxygen atoms in total. The molecule has 33 heavy (non-hydrogen) atoms. The van der Waals surface area contributed by atoms with Gasteiger partial charge in [-0.05, 0) is 23.1 Å². The lowest BCUT2D eigenvalue weighted by Crippen LogP contribution is -2.48. The largest absolute Gasteiger partial charge is 0.473 e. The summed E-state index contributed by atoms with van der Waals surface area (Å²) >= 11 is 1.58. The Morgan fingerprint density at radius 2 is 1.91 bits per heavy atom. The van der Waals surface area contributed by atoms with Crippen molar-refractivity contribution in [1.29, 1.82) is 0 Å². The van der Waals surface area contributed by atoms with Crippen LogP contribution < -0.4 is 4.74 Å². The molecule has 1 saturated heterocycles. The zero-order valence-electron chi connectivity index (χ0n) is 18.0. The first-order valence-corrected chi connectivity index (χ1v) is 11.6. The Balaban J connectivity index is 1.14. The molecule has 0 spiro atoms. The third-order valence-electron chi connectivity index (χ3n) is 5.44. The van der Waals surface area contributed by atoms with Crippen molar-refractivity contribution in [3.05, 3.63) is 83.2 Å². The Hall–Kier alpha value is -3.56. The molecule has 0 atom stereocenters. The van der Waals surface area contributed by atoms with E-state index < -0.39 is 0 Å². The molecule has 0 aliphatic carbocycles. The predicted molar refractivity (Wildman–Crippen MR) is 124 cm³/mol. The summed E-state index contributed by atoms with van der Waals surface area (Å²) in [7, 11) is 0. The van der Waals surface area contributed by atoms with E-state index in [1.165, 1.54) is 0 Å². The summed E-state index contributed by atoms with van der Waals surface area (Å²) < 4.78 is 11.2. The number of carbonyl (C=O) groups excluding carboxylic acids is 1. The van der Waals surface area contributed by atoms with Crippen LogP contribution in [0.25, 0.3) is 10.7 Å². The Kier molecular flexibility index (Phi) is 6.41. The van der Waals surface area contributed by atoms with Gasteiger partial charge in [0.2, 0.25) is 17.6 Å². The van der Waals surface area contributed by atoms with Crippen LogP contribution in [0.2, 0.25) is 0 Å². The van der Waals surface area contributed by atoms with Crippen molar-refractivity contribution in [1.82, 2.24) is 24.9 Å². The second-order valence-corrected chi connectivity index (χ2v) is 8.66. The minimum atomic E-state index is -0.0145. The van der Waals surface area contributed by atoms with Crippen LogP contribution in [0.1, 0.15) is 21.8 Å². The second kappa shape index (κ2) is 9.93. The van der Waals surface area contributed by atoms with Crippen LogP contribution in [0.3, 0.4) is 0 Å². The maximum atomic E-state index is 13.0. The molecule has 0 bridgehead atoms. The Morgan fingerprint density at radius 3 is 2.70 bits per heavy atom. The van der Waals surface area contributed by atoms with Crippen LogP contribution in [-0.2, 0) is 13.2 Å². The van der Waals surface area contributed by atoms with Crippen molar-refractivity contribution < 1.29 is 14.1 Å². The summed E-state index contributed by atoms with van der Waals surface area (Å²) in [4.78, 5) is 26.8. The van der Waals surface area contributed by atoms with Gasteiger partial charge in [0.25, 0.3) is 5.91 Å². The summed E-state index contributed by atoms with van der Waals surface area (Å²) in [5, 5.41) is 6.05. The maximum absolute atomic E-state index is 13.0. The van der Waals surface area contributed by atoms with Crippen LogP contribution in [0, 0.1) is 0 Å². The minimum Gasteiger partial charge on any atom is -0.473 e. The highest BCUT2D eigenvalue weighted by Gasteiger charge is 2.24. The molecule has 3 aromatic heterocycles. The van der Waals surface area contributed by atoms with Crippen LogP contribution in [0.4, 0.5) is 0 Å². The van der Waals surface area contributed by atoms with Crippen molar-refractivity contribution >= 4 is 17.2 Å². The molecule has 168 valence electrons. The number of ether oxygens (including phenoxy) is 1. The molecule has 0 saturated carbocycles. The molecule has 0 N–H and O–H groups in total. The lowest BCUT2D eigenvalue weighted by Gasteiger charge is -2.34. The number of rotatable bonds is 7. The van der Waals surface area contributed by atoms with Crippen LogP contribution in [0.15, 0.2) is 70.7 Å². The monoisotopic (exact) mass is 461 g/mol. The molecule has 1 aromatic carbocycles. The van der Waals surface area contributed by atoms with Crippen molar-refractivity contribution in [3.63, 3.8) is 0 Å². The molecular formula is C24H23N5O3S. The van der Waals surface area contributed by atoms with Crippen LogP contribution in [-0.4, -0.2) is 57.0 Å². The molecule has 1 aliphatic heterocycles. The zero-order chi connectivity index (χ0) is 22.5. The SMILES string of the molecule is O=C(c1ccnc(OCc2ccccc2)c1)N1CCN(Cc2nc(-c3cccs3)no2)CC1. The third-order valence-corrected chi connectivity index (χ3v) is 6.31. The maximum Gasteiger partial charge on any atom is 0.254 e. The van der Waals surface area contributed by atoms with Gasteiger partial charge in [0.05, 0.1) is 11.4 Å². The Morgan fingerprint density at radius 1 is 1.06 bits per heavy atom. The number of pyridine rings is 1. The van der Waals surface area contributed by atoms with Crippen molar-refractivity contribution in [2.75, 3.05) is 26.2 Å². The van der Waals surface area contributed by atoms with E-state index in [0.29, 0.717) is 49.4 Å². The quantitative estimate of drug-likeness (QED) is 0.415. The molecule has 9 heteroatoms. The van der Waals surface area contributed by atoms with Gasteiger partial charge in [-0.3, -0.25) is 9.69 Å². The standard InChI is InChI=1S/C24H23N5O3S/c30-24(19-8-9-25-21(15-19)31-17-18-5-2-1-3-6-18)29-12-10-28(11-13-29)16-22-26-23(27-32-22)20-7-4-14-33-20/h1-9,14-15H,10-13,16-17H2. The van der Waals surface area contributed by atoms with E-state index in [9.17, 15) is 4.79 Å². The van der Waals surface area contributed by atoms with E-state index in [2.05, 4.69) is 20.0 Å². The normalized spacial score (nSPS) is 14.4. The van der Waals surface area contributed by atoms with Gasteiger partial charge in [0.15, 0.2) is 0 Å². The van der Waals surface area contributed by atoms with Crippen LogP contribution >= 0.6 is 11.3 Å². The number of nitrogens with zero attached hydrogens (tertiary/aromatic N) is 5. The highest BCUT2D eigenvalue weighted by molar-refractivity contribution is 7.13. The summed E-state index contributed by atoms with van der Waals surface area (Å²) in [6.45, 7) is 3.73. The topological polar surface area (TPSA) is 84.6 Å². The fourth-order valence-corrected chi connectivity index (χ4v) is 4.31. The van der Waals surface area contributed by atoms with Gasteiger partial charge in [0.1, 0.15) is 6.61 Å². The van der Waals surface area contributed by atoms with Gasteiger partial charge in [-0.25, -0.2) is 4.98 Å².